The van der Waals surface area contributed by atoms with E-state index in [9.17, 15) is 14.0 Å². The third-order valence-corrected chi connectivity index (χ3v) is 6.65. The Hall–Kier alpha value is -1.77. The van der Waals surface area contributed by atoms with Gasteiger partial charge in [0.25, 0.3) is 5.91 Å². The third-order valence-electron chi connectivity index (χ3n) is 5.03. The van der Waals surface area contributed by atoms with Crippen LogP contribution in [-0.2, 0) is 14.9 Å². The number of nitrogens with one attached hydrogen (secondary N) is 2. The van der Waals surface area contributed by atoms with Crippen LogP contribution in [0.5, 0.6) is 0 Å². The zero-order valence-electron chi connectivity index (χ0n) is 15.5. The topological polar surface area (TPSA) is 67.4 Å². The molecule has 1 unspecified atom stereocenters. The molecule has 1 aromatic carbocycles. The smallest absolute Gasteiger partial charge is 0.262 e. The number of carbonyl (C=O) groups is 2. The predicted molar refractivity (Wildman–Crippen MR) is 110 cm³/mol. The lowest BCUT2D eigenvalue weighted by molar-refractivity contribution is -0.123. The van der Waals surface area contributed by atoms with E-state index in [-0.39, 0.29) is 23.0 Å². The lowest BCUT2D eigenvalue weighted by Crippen LogP contribution is -2.50. The molecule has 0 saturated carbocycles. The van der Waals surface area contributed by atoms with Gasteiger partial charge in [-0.05, 0) is 65.5 Å². The molecular weight excluding hydrogens is 447 g/mol. The Bertz CT molecular complexity index is 851. The maximum atomic E-state index is 13.8. The zero-order valence-corrected chi connectivity index (χ0v) is 17.9. The first-order valence-corrected chi connectivity index (χ1v) is 10.7. The van der Waals surface area contributed by atoms with E-state index in [0.717, 1.165) is 9.35 Å². The standard InChI is InChI=1S/C20H22BrFN2O3S/c1-13(24-19(26)16-5-6-17(21)28-16)18(25)23-12-20(7-9-27-10-8-20)14-3-2-4-15(22)11-14/h2-6,11,13H,7-10,12H2,1H3,(H,23,25)(H,24,26). The Morgan fingerprint density at radius 1 is 1.29 bits per heavy atom. The summed E-state index contributed by atoms with van der Waals surface area (Å²) in [6.07, 6.45) is 1.39. The number of benzene rings is 1. The van der Waals surface area contributed by atoms with Crippen molar-refractivity contribution in [2.24, 2.45) is 0 Å². The maximum absolute atomic E-state index is 13.8. The van der Waals surface area contributed by atoms with Gasteiger partial charge in [-0.3, -0.25) is 9.59 Å². The highest BCUT2D eigenvalue weighted by atomic mass is 79.9. The van der Waals surface area contributed by atoms with Crippen LogP contribution in [0.4, 0.5) is 4.39 Å². The fourth-order valence-corrected chi connectivity index (χ4v) is 4.62. The van der Waals surface area contributed by atoms with Crippen molar-refractivity contribution in [3.05, 3.63) is 56.4 Å². The number of halogens is 2. The highest BCUT2D eigenvalue weighted by molar-refractivity contribution is 9.11. The minimum atomic E-state index is -0.683. The van der Waals surface area contributed by atoms with E-state index >= 15 is 0 Å². The van der Waals surface area contributed by atoms with Crippen LogP contribution in [0.15, 0.2) is 40.2 Å². The van der Waals surface area contributed by atoms with E-state index in [1.54, 1.807) is 25.1 Å². The molecule has 2 heterocycles. The summed E-state index contributed by atoms with van der Waals surface area (Å²) in [5.41, 5.74) is 0.481. The molecule has 8 heteroatoms. The second-order valence-corrected chi connectivity index (χ2v) is 9.38. The van der Waals surface area contributed by atoms with E-state index in [4.69, 9.17) is 4.74 Å². The Morgan fingerprint density at radius 2 is 2.04 bits per heavy atom. The van der Waals surface area contributed by atoms with Crippen LogP contribution in [0, 0.1) is 5.82 Å². The molecular formula is C20H22BrFN2O3S. The molecule has 0 spiro atoms. The van der Waals surface area contributed by atoms with Gasteiger partial charge in [0.05, 0.1) is 8.66 Å². The van der Waals surface area contributed by atoms with Gasteiger partial charge in [0.1, 0.15) is 11.9 Å². The van der Waals surface area contributed by atoms with Crippen molar-refractivity contribution in [3.8, 4) is 0 Å². The number of thiophene rings is 1. The van der Waals surface area contributed by atoms with Crippen molar-refractivity contribution in [3.63, 3.8) is 0 Å². The molecule has 0 bridgehead atoms. The van der Waals surface area contributed by atoms with Gasteiger partial charge in [0, 0.05) is 25.2 Å². The molecule has 1 atom stereocenters. The molecule has 28 heavy (non-hydrogen) atoms. The highest BCUT2D eigenvalue weighted by Gasteiger charge is 2.35. The van der Waals surface area contributed by atoms with Gasteiger partial charge in [0.15, 0.2) is 0 Å². The largest absolute Gasteiger partial charge is 0.381 e. The lowest BCUT2D eigenvalue weighted by atomic mass is 9.74. The minimum absolute atomic E-state index is 0.272. The Labute approximate surface area is 175 Å². The molecule has 2 amide bonds. The molecule has 1 aliphatic heterocycles. The Morgan fingerprint density at radius 3 is 2.68 bits per heavy atom. The fourth-order valence-electron chi connectivity index (χ4n) is 3.33. The molecule has 0 aliphatic carbocycles. The summed E-state index contributed by atoms with van der Waals surface area (Å²) in [5, 5.41) is 5.65. The molecule has 1 saturated heterocycles. The summed E-state index contributed by atoms with van der Waals surface area (Å²) < 4.78 is 20.1. The van der Waals surface area contributed by atoms with Gasteiger partial charge < -0.3 is 15.4 Å². The van der Waals surface area contributed by atoms with Gasteiger partial charge in [0.2, 0.25) is 5.91 Å². The summed E-state index contributed by atoms with van der Waals surface area (Å²) in [6.45, 7) is 3.13. The summed E-state index contributed by atoms with van der Waals surface area (Å²) in [6, 6.07) is 9.32. The van der Waals surface area contributed by atoms with Crippen molar-refractivity contribution in [2.75, 3.05) is 19.8 Å². The van der Waals surface area contributed by atoms with Gasteiger partial charge in [-0.25, -0.2) is 4.39 Å². The molecule has 1 fully saturated rings. The molecule has 2 N–H and O–H groups in total. The zero-order chi connectivity index (χ0) is 20.1. The summed E-state index contributed by atoms with van der Waals surface area (Å²) >= 11 is 4.63. The first-order chi connectivity index (χ1) is 13.4. The van der Waals surface area contributed by atoms with Crippen LogP contribution >= 0.6 is 27.3 Å². The van der Waals surface area contributed by atoms with Gasteiger partial charge in [-0.1, -0.05) is 12.1 Å². The predicted octanol–water partition coefficient (Wildman–Crippen LogP) is 3.63. The first kappa shape index (κ1) is 21.0. The van der Waals surface area contributed by atoms with Crippen LogP contribution in [0.3, 0.4) is 0 Å². The average molecular weight is 469 g/mol. The molecule has 150 valence electrons. The van der Waals surface area contributed by atoms with Gasteiger partial charge in [-0.2, -0.15) is 0 Å². The van der Waals surface area contributed by atoms with Crippen LogP contribution in [0.25, 0.3) is 0 Å². The van der Waals surface area contributed by atoms with E-state index in [1.807, 2.05) is 6.07 Å². The number of hydrogen-bond acceptors (Lipinski definition) is 4. The second kappa shape index (κ2) is 9.15. The number of rotatable bonds is 6. The van der Waals surface area contributed by atoms with Crippen molar-refractivity contribution in [1.29, 1.82) is 0 Å². The number of amides is 2. The summed E-state index contributed by atoms with van der Waals surface area (Å²) in [4.78, 5) is 25.3. The second-order valence-electron chi connectivity index (χ2n) is 6.92. The van der Waals surface area contributed by atoms with E-state index in [1.165, 1.54) is 23.5 Å². The maximum Gasteiger partial charge on any atom is 0.262 e. The fraction of sp³-hybridized carbons (Fsp3) is 0.400. The third kappa shape index (κ3) is 4.98. The number of hydrogen-bond donors (Lipinski definition) is 2. The number of ether oxygens (including phenoxy) is 1. The highest BCUT2D eigenvalue weighted by Crippen LogP contribution is 2.34. The molecule has 0 radical (unpaired) electrons. The lowest BCUT2D eigenvalue weighted by Gasteiger charge is -2.38. The minimum Gasteiger partial charge on any atom is -0.381 e. The molecule has 3 rings (SSSR count). The molecule has 1 aromatic heterocycles. The summed E-state index contributed by atoms with van der Waals surface area (Å²) in [7, 11) is 0. The SMILES string of the molecule is CC(NC(=O)c1ccc(Br)s1)C(=O)NCC1(c2cccc(F)c2)CCOCC1. The molecule has 5 nitrogen and oxygen atoms in total. The van der Waals surface area contributed by atoms with Crippen LogP contribution in [0.2, 0.25) is 0 Å². The van der Waals surface area contributed by atoms with E-state index in [2.05, 4.69) is 26.6 Å². The van der Waals surface area contributed by atoms with Crippen LogP contribution < -0.4 is 10.6 Å². The number of carbonyl (C=O) groups excluding carboxylic acids is 2. The van der Waals surface area contributed by atoms with Crippen molar-refractivity contribution < 1.29 is 18.7 Å². The van der Waals surface area contributed by atoms with Crippen LogP contribution in [-0.4, -0.2) is 37.6 Å². The average Bonchev–Trinajstić information content (AvgIpc) is 3.13. The van der Waals surface area contributed by atoms with Gasteiger partial charge >= 0.3 is 0 Å². The molecule has 2 aromatic rings. The van der Waals surface area contributed by atoms with Crippen molar-refractivity contribution >= 4 is 39.1 Å². The van der Waals surface area contributed by atoms with Crippen molar-refractivity contribution in [1.82, 2.24) is 10.6 Å². The summed E-state index contributed by atoms with van der Waals surface area (Å²) in [5.74, 6) is -0.854. The first-order valence-electron chi connectivity index (χ1n) is 9.07. The van der Waals surface area contributed by atoms with Gasteiger partial charge in [-0.15, -0.1) is 11.3 Å². The Balaban J connectivity index is 1.64. The van der Waals surface area contributed by atoms with Crippen molar-refractivity contribution in [2.45, 2.75) is 31.2 Å². The Kier molecular flexibility index (Phi) is 6.85. The normalized spacial score (nSPS) is 17.0. The van der Waals surface area contributed by atoms with E-state index in [0.29, 0.717) is 37.5 Å². The monoisotopic (exact) mass is 468 g/mol. The van der Waals surface area contributed by atoms with E-state index < -0.39 is 6.04 Å². The van der Waals surface area contributed by atoms with Crippen LogP contribution in [0.1, 0.15) is 35.0 Å². The quantitative estimate of drug-likeness (QED) is 0.679. The molecule has 1 aliphatic rings.